The van der Waals surface area contributed by atoms with Crippen molar-refractivity contribution in [1.29, 1.82) is 0 Å². The molecule has 1 saturated carbocycles. The summed E-state index contributed by atoms with van der Waals surface area (Å²) in [4.78, 5) is 11.2. The minimum absolute atomic E-state index is 0.250. The van der Waals surface area contributed by atoms with Crippen LogP contribution in [0.5, 0.6) is 0 Å². The summed E-state index contributed by atoms with van der Waals surface area (Å²) in [6.45, 7) is 8.11. The first kappa shape index (κ1) is 14.3. The minimum atomic E-state index is -0.250. The SMILES string of the molecule is C=C(C)C(=O)OCCCC1CCCC(CC)C1. The maximum atomic E-state index is 11.2. The number of carbonyl (C=O) groups is 1. The van der Waals surface area contributed by atoms with Gasteiger partial charge in [-0.3, -0.25) is 0 Å². The number of hydrogen-bond acceptors (Lipinski definition) is 2. The van der Waals surface area contributed by atoms with Gasteiger partial charge in [0.15, 0.2) is 0 Å². The van der Waals surface area contributed by atoms with Crippen molar-refractivity contribution < 1.29 is 9.53 Å². The highest BCUT2D eigenvalue weighted by Crippen LogP contribution is 2.33. The molecule has 1 fully saturated rings. The number of rotatable bonds is 6. The summed E-state index contributed by atoms with van der Waals surface area (Å²) in [6.07, 6.45) is 9.07. The summed E-state index contributed by atoms with van der Waals surface area (Å²) in [5.41, 5.74) is 0.494. The van der Waals surface area contributed by atoms with Crippen LogP contribution in [-0.4, -0.2) is 12.6 Å². The Balaban J connectivity index is 2.10. The summed E-state index contributed by atoms with van der Waals surface area (Å²) in [5, 5.41) is 0. The fraction of sp³-hybridized carbons (Fsp3) is 0.800. The Labute approximate surface area is 105 Å². The molecule has 1 aliphatic rings. The van der Waals surface area contributed by atoms with E-state index in [1.807, 2.05) is 0 Å². The first-order valence-electron chi connectivity index (χ1n) is 6.96. The second-order valence-electron chi connectivity index (χ2n) is 5.37. The smallest absolute Gasteiger partial charge is 0.333 e. The number of ether oxygens (including phenoxy) is 1. The van der Waals surface area contributed by atoms with Gasteiger partial charge in [-0.2, -0.15) is 0 Å². The van der Waals surface area contributed by atoms with E-state index in [2.05, 4.69) is 13.5 Å². The van der Waals surface area contributed by atoms with Gasteiger partial charge in [0.1, 0.15) is 0 Å². The average Bonchev–Trinajstić information content (AvgIpc) is 2.34. The van der Waals surface area contributed by atoms with E-state index in [0.29, 0.717) is 12.2 Å². The van der Waals surface area contributed by atoms with E-state index in [0.717, 1.165) is 18.3 Å². The van der Waals surface area contributed by atoms with Gasteiger partial charge in [-0.15, -0.1) is 0 Å². The number of esters is 1. The zero-order chi connectivity index (χ0) is 12.7. The molecule has 1 aliphatic carbocycles. The van der Waals surface area contributed by atoms with Crippen LogP contribution >= 0.6 is 0 Å². The van der Waals surface area contributed by atoms with Crippen LogP contribution in [0.1, 0.15) is 58.8 Å². The zero-order valence-electron chi connectivity index (χ0n) is 11.3. The van der Waals surface area contributed by atoms with Crippen molar-refractivity contribution in [2.24, 2.45) is 11.8 Å². The highest BCUT2D eigenvalue weighted by Gasteiger charge is 2.20. The molecule has 2 nitrogen and oxygen atoms in total. The van der Waals surface area contributed by atoms with E-state index in [1.165, 1.54) is 38.5 Å². The van der Waals surface area contributed by atoms with Crippen molar-refractivity contribution in [3.63, 3.8) is 0 Å². The number of hydrogen-bond donors (Lipinski definition) is 0. The van der Waals surface area contributed by atoms with Gasteiger partial charge in [0.05, 0.1) is 6.61 Å². The Morgan fingerprint density at radius 2 is 2.06 bits per heavy atom. The molecular weight excluding hydrogens is 212 g/mol. The molecule has 0 aromatic rings. The van der Waals surface area contributed by atoms with Crippen molar-refractivity contribution >= 4 is 5.97 Å². The lowest BCUT2D eigenvalue weighted by Crippen LogP contribution is -2.16. The molecule has 0 aromatic heterocycles. The first-order chi connectivity index (χ1) is 8.13. The Hall–Kier alpha value is -0.790. The lowest BCUT2D eigenvalue weighted by molar-refractivity contribution is -0.139. The van der Waals surface area contributed by atoms with Crippen molar-refractivity contribution in [2.75, 3.05) is 6.61 Å². The Bertz CT molecular complexity index is 258. The third-order valence-electron chi connectivity index (χ3n) is 3.81. The molecule has 0 spiro atoms. The largest absolute Gasteiger partial charge is 0.462 e. The summed E-state index contributed by atoms with van der Waals surface area (Å²) in [6, 6.07) is 0. The Kier molecular flexibility index (Phi) is 6.31. The third kappa shape index (κ3) is 5.38. The van der Waals surface area contributed by atoms with Crippen LogP contribution in [0.4, 0.5) is 0 Å². The monoisotopic (exact) mass is 238 g/mol. The molecule has 1 rings (SSSR count). The molecule has 0 aromatic carbocycles. The normalized spacial score (nSPS) is 24.4. The predicted molar refractivity (Wildman–Crippen MR) is 70.7 cm³/mol. The van der Waals surface area contributed by atoms with Crippen LogP contribution in [0.15, 0.2) is 12.2 Å². The lowest BCUT2D eigenvalue weighted by Gasteiger charge is -2.28. The van der Waals surface area contributed by atoms with Crippen molar-refractivity contribution in [3.05, 3.63) is 12.2 Å². The van der Waals surface area contributed by atoms with Gasteiger partial charge in [-0.05, 0) is 38.0 Å². The fourth-order valence-corrected chi connectivity index (χ4v) is 2.70. The quantitative estimate of drug-likeness (QED) is 0.395. The zero-order valence-corrected chi connectivity index (χ0v) is 11.3. The second kappa shape index (κ2) is 7.52. The van der Waals surface area contributed by atoms with Gasteiger partial charge in [0.25, 0.3) is 0 Å². The van der Waals surface area contributed by atoms with Crippen LogP contribution in [0.25, 0.3) is 0 Å². The van der Waals surface area contributed by atoms with Crippen LogP contribution in [-0.2, 0) is 9.53 Å². The fourth-order valence-electron chi connectivity index (χ4n) is 2.70. The van der Waals surface area contributed by atoms with E-state index >= 15 is 0 Å². The van der Waals surface area contributed by atoms with Gasteiger partial charge < -0.3 is 4.74 Å². The molecule has 2 heteroatoms. The number of carbonyl (C=O) groups excluding carboxylic acids is 1. The van der Waals surface area contributed by atoms with Gasteiger partial charge >= 0.3 is 5.97 Å². The Morgan fingerprint density at radius 1 is 1.35 bits per heavy atom. The molecule has 0 saturated heterocycles. The lowest BCUT2D eigenvalue weighted by atomic mass is 9.78. The maximum absolute atomic E-state index is 11.2. The molecule has 0 radical (unpaired) electrons. The summed E-state index contributed by atoms with van der Waals surface area (Å²) in [5.74, 6) is 1.55. The van der Waals surface area contributed by atoms with Crippen molar-refractivity contribution in [3.8, 4) is 0 Å². The molecule has 98 valence electrons. The maximum Gasteiger partial charge on any atom is 0.333 e. The molecule has 2 unspecified atom stereocenters. The van der Waals surface area contributed by atoms with Crippen molar-refractivity contribution in [2.45, 2.75) is 58.8 Å². The average molecular weight is 238 g/mol. The highest BCUT2D eigenvalue weighted by molar-refractivity contribution is 5.86. The van der Waals surface area contributed by atoms with Crippen LogP contribution in [0.3, 0.4) is 0 Å². The van der Waals surface area contributed by atoms with Gasteiger partial charge in [-0.25, -0.2) is 4.79 Å². The van der Waals surface area contributed by atoms with Crippen LogP contribution in [0.2, 0.25) is 0 Å². The van der Waals surface area contributed by atoms with Crippen molar-refractivity contribution in [1.82, 2.24) is 0 Å². The standard InChI is InChI=1S/C15H26O2/c1-4-13-7-5-8-14(11-13)9-6-10-17-15(16)12(2)3/h13-14H,2,4-11H2,1,3H3. The second-order valence-corrected chi connectivity index (χ2v) is 5.37. The van der Waals surface area contributed by atoms with Crippen LogP contribution in [0, 0.1) is 11.8 Å². The van der Waals surface area contributed by atoms with Gasteiger partial charge in [0.2, 0.25) is 0 Å². The van der Waals surface area contributed by atoms with Crippen LogP contribution < -0.4 is 0 Å². The third-order valence-corrected chi connectivity index (χ3v) is 3.81. The molecular formula is C15H26O2. The van der Waals surface area contributed by atoms with Gasteiger partial charge in [-0.1, -0.05) is 39.2 Å². The molecule has 0 aliphatic heterocycles. The van der Waals surface area contributed by atoms with E-state index < -0.39 is 0 Å². The highest BCUT2D eigenvalue weighted by atomic mass is 16.5. The molecule has 0 heterocycles. The summed E-state index contributed by atoms with van der Waals surface area (Å²) < 4.78 is 5.11. The van der Waals surface area contributed by atoms with E-state index in [1.54, 1.807) is 6.92 Å². The molecule has 2 atom stereocenters. The summed E-state index contributed by atoms with van der Waals surface area (Å²) in [7, 11) is 0. The Morgan fingerprint density at radius 3 is 2.71 bits per heavy atom. The summed E-state index contributed by atoms with van der Waals surface area (Å²) >= 11 is 0. The topological polar surface area (TPSA) is 26.3 Å². The molecule has 0 N–H and O–H groups in total. The van der Waals surface area contributed by atoms with Gasteiger partial charge in [0, 0.05) is 5.57 Å². The molecule has 17 heavy (non-hydrogen) atoms. The van der Waals surface area contributed by atoms with E-state index in [-0.39, 0.29) is 5.97 Å². The molecule has 0 bridgehead atoms. The minimum Gasteiger partial charge on any atom is -0.462 e. The first-order valence-corrected chi connectivity index (χ1v) is 6.96. The molecule has 0 amide bonds. The van der Waals surface area contributed by atoms with E-state index in [9.17, 15) is 4.79 Å². The van der Waals surface area contributed by atoms with E-state index in [4.69, 9.17) is 4.74 Å². The predicted octanol–water partition coefficient (Wildman–Crippen LogP) is 4.10.